The maximum atomic E-state index is 14.8. The van der Waals surface area contributed by atoms with E-state index >= 15 is 0 Å². The molecule has 4 rings (SSSR count). The van der Waals surface area contributed by atoms with Crippen LogP contribution in [0.3, 0.4) is 0 Å². The summed E-state index contributed by atoms with van der Waals surface area (Å²) in [5.74, 6) is 1.31. The number of carbonyl (C=O) groups excluding carboxylic acids is 1. The van der Waals surface area contributed by atoms with Gasteiger partial charge in [0, 0.05) is 42.5 Å². The van der Waals surface area contributed by atoms with Crippen molar-refractivity contribution in [2.24, 2.45) is 4.99 Å². The van der Waals surface area contributed by atoms with Gasteiger partial charge in [0.05, 0.1) is 30.0 Å². The second kappa shape index (κ2) is 16.3. The molecule has 0 radical (unpaired) electrons. The Kier molecular flexibility index (Phi) is 12.9. The summed E-state index contributed by atoms with van der Waals surface area (Å²) in [5, 5.41) is 1.25. The molecule has 8 nitrogen and oxygen atoms in total. The molecule has 0 atom stereocenters. The lowest BCUT2D eigenvalue weighted by molar-refractivity contribution is 0.125. The minimum Gasteiger partial charge on any atom is -0.493 e. The van der Waals surface area contributed by atoms with Gasteiger partial charge in [0.2, 0.25) is 0 Å². The molecule has 266 valence electrons. The number of carbonyl (C=O) groups is 1. The summed E-state index contributed by atoms with van der Waals surface area (Å²) in [7, 11) is -3.02. The lowest BCUT2D eigenvalue weighted by atomic mass is 9.86. The SMILES string of the molecule is CCOc1cc(C(C)(C)C)ccc1/C(=N/C(C)(C)c1ccc(Cl)cc1)N(Cc1ccc(Cl)cc1)C(=O)N1CCN(CCCS(C)(=O)=O)CC1. The molecule has 0 N–H and O–H groups in total. The van der Waals surface area contributed by atoms with Gasteiger partial charge in [0.15, 0.2) is 0 Å². The molecule has 1 heterocycles. The first-order chi connectivity index (χ1) is 23.0. The van der Waals surface area contributed by atoms with Crippen molar-refractivity contribution in [2.75, 3.05) is 51.3 Å². The van der Waals surface area contributed by atoms with Crippen molar-refractivity contribution in [3.05, 3.63) is 99.0 Å². The molecule has 0 unspecified atom stereocenters. The first-order valence-electron chi connectivity index (χ1n) is 16.8. The molecule has 3 aromatic carbocycles. The van der Waals surface area contributed by atoms with E-state index in [0.29, 0.717) is 67.4 Å². The molecule has 3 aromatic rings. The molecule has 0 aromatic heterocycles. The van der Waals surface area contributed by atoms with Crippen LogP contribution in [0.1, 0.15) is 70.2 Å². The third-order valence-electron chi connectivity index (χ3n) is 8.70. The number of benzene rings is 3. The first-order valence-corrected chi connectivity index (χ1v) is 19.6. The van der Waals surface area contributed by atoms with Crippen molar-refractivity contribution in [3.63, 3.8) is 0 Å². The highest BCUT2D eigenvalue weighted by Crippen LogP contribution is 2.34. The monoisotopic (exact) mass is 728 g/mol. The predicted octanol–water partition coefficient (Wildman–Crippen LogP) is 8.05. The molecule has 1 fully saturated rings. The Morgan fingerprint density at radius 3 is 2.00 bits per heavy atom. The molecule has 49 heavy (non-hydrogen) atoms. The highest BCUT2D eigenvalue weighted by Gasteiger charge is 2.33. The number of urea groups is 1. The maximum Gasteiger partial charge on any atom is 0.326 e. The van der Waals surface area contributed by atoms with Crippen LogP contribution in [-0.2, 0) is 27.3 Å². The van der Waals surface area contributed by atoms with Crippen molar-refractivity contribution in [2.45, 2.75) is 65.5 Å². The average molecular weight is 730 g/mol. The van der Waals surface area contributed by atoms with Crippen LogP contribution < -0.4 is 4.74 Å². The van der Waals surface area contributed by atoms with E-state index in [1.54, 1.807) is 4.90 Å². The topological polar surface area (TPSA) is 82.5 Å². The number of sulfone groups is 1. The Hall–Kier alpha value is -3.11. The summed E-state index contributed by atoms with van der Waals surface area (Å²) in [5.41, 5.74) is 2.81. The molecule has 1 saturated heterocycles. The number of halogens is 2. The number of ether oxygens (including phenoxy) is 1. The van der Waals surface area contributed by atoms with Crippen LogP contribution in [0.25, 0.3) is 0 Å². The van der Waals surface area contributed by atoms with Gasteiger partial charge in [0.1, 0.15) is 21.4 Å². The fraction of sp³-hybridized carbons (Fsp3) is 0.474. The Morgan fingerprint density at radius 1 is 0.878 bits per heavy atom. The summed E-state index contributed by atoms with van der Waals surface area (Å²) >= 11 is 12.5. The van der Waals surface area contributed by atoms with Gasteiger partial charge in [-0.3, -0.25) is 14.8 Å². The number of aliphatic imine (C=N–C) groups is 1. The van der Waals surface area contributed by atoms with Crippen molar-refractivity contribution < 1.29 is 17.9 Å². The number of rotatable bonds is 11. The van der Waals surface area contributed by atoms with Crippen LogP contribution in [0.5, 0.6) is 5.75 Å². The van der Waals surface area contributed by atoms with Crippen LogP contribution >= 0.6 is 23.2 Å². The molecular formula is C38H50Cl2N4O4S. The first kappa shape index (κ1) is 38.7. The van der Waals surface area contributed by atoms with Gasteiger partial charge < -0.3 is 9.64 Å². The fourth-order valence-electron chi connectivity index (χ4n) is 5.79. The normalized spacial score (nSPS) is 15.0. The summed E-state index contributed by atoms with van der Waals surface area (Å²) < 4.78 is 29.6. The largest absolute Gasteiger partial charge is 0.493 e. The van der Waals surface area contributed by atoms with E-state index < -0.39 is 15.4 Å². The van der Waals surface area contributed by atoms with Crippen LogP contribution in [0.15, 0.2) is 71.7 Å². The van der Waals surface area contributed by atoms with Crippen LogP contribution in [0.2, 0.25) is 10.0 Å². The van der Waals surface area contributed by atoms with Crippen LogP contribution in [0, 0.1) is 0 Å². The highest BCUT2D eigenvalue weighted by atomic mass is 35.5. The molecule has 0 bridgehead atoms. The van der Waals surface area contributed by atoms with E-state index in [1.165, 1.54) is 6.26 Å². The predicted molar refractivity (Wildman–Crippen MR) is 202 cm³/mol. The minimum atomic E-state index is -3.02. The molecule has 2 amide bonds. The Morgan fingerprint density at radius 2 is 1.45 bits per heavy atom. The Bertz CT molecular complexity index is 1710. The summed E-state index contributed by atoms with van der Waals surface area (Å²) in [6.45, 7) is 16.2. The number of hydrogen-bond donors (Lipinski definition) is 0. The standard InChI is InChI=1S/C38H50Cl2N4O4S/c1-8-48-34-26-30(37(2,3)4)14-19-33(34)35(41-38(5,6)29-12-17-32(40)18-13-29)44(27-28-10-15-31(39)16-11-28)36(45)43-23-21-42(22-24-43)20-9-25-49(7,46)47/h10-19,26H,8-9,20-25,27H2,1-7H3/b41-35-. The zero-order valence-electron chi connectivity index (χ0n) is 29.8. The third-order valence-corrected chi connectivity index (χ3v) is 10.2. The summed E-state index contributed by atoms with van der Waals surface area (Å²) in [6, 6.07) is 21.1. The fourth-order valence-corrected chi connectivity index (χ4v) is 6.70. The summed E-state index contributed by atoms with van der Waals surface area (Å²) in [4.78, 5) is 26.0. The summed E-state index contributed by atoms with van der Waals surface area (Å²) in [6.07, 6.45) is 1.83. The Balaban J connectivity index is 1.82. The number of hydrogen-bond acceptors (Lipinski definition) is 6. The van der Waals surface area contributed by atoms with Gasteiger partial charge in [-0.2, -0.15) is 0 Å². The van der Waals surface area contributed by atoms with E-state index in [0.717, 1.165) is 22.3 Å². The van der Waals surface area contributed by atoms with E-state index in [-0.39, 0.29) is 23.7 Å². The molecule has 0 spiro atoms. The van der Waals surface area contributed by atoms with E-state index in [4.69, 9.17) is 32.9 Å². The molecule has 1 aliphatic rings. The molecule has 11 heteroatoms. The number of piperazine rings is 1. The zero-order chi connectivity index (χ0) is 36.0. The molecule has 0 saturated carbocycles. The second-order valence-corrected chi connectivity index (χ2v) is 17.3. The van der Waals surface area contributed by atoms with Crippen LogP contribution in [-0.4, -0.2) is 86.3 Å². The maximum absolute atomic E-state index is 14.8. The van der Waals surface area contributed by atoms with Gasteiger partial charge in [-0.15, -0.1) is 0 Å². The van der Waals surface area contributed by atoms with E-state index in [2.05, 4.69) is 37.8 Å². The average Bonchev–Trinajstić information content (AvgIpc) is 3.03. The van der Waals surface area contributed by atoms with Gasteiger partial charge in [0.25, 0.3) is 0 Å². The Labute approximate surface area is 303 Å². The van der Waals surface area contributed by atoms with Crippen molar-refractivity contribution >= 4 is 44.9 Å². The van der Waals surface area contributed by atoms with E-state index in [9.17, 15) is 13.2 Å². The van der Waals surface area contributed by atoms with Gasteiger partial charge in [-0.25, -0.2) is 13.2 Å². The number of amides is 2. The van der Waals surface area contributed by atoms with Gasteiger partial charge in [-0.05, 0) is 92.2 Å². The molecule has 0 aliphatic carbocycles. The zero-order valence-corrected chi connectivity index (χ0v) is 32.1. The third kappa shape index (κ3) is 10.9. The lowest BCUT2D eigenvalue weighted by Crippen LogP contribution is -2.54. The smallest absolute Gasteiger partial charge is 0.326 e. The lowest BCUT2D eigenvalue weighted by Gasteiger charge is -2.38. The van der Waals surface area contributed by atoms with Gasteiger partial charge >= 0.3 is 6.03 Å². The minimum absolute atomic E-state index is 0.121. The van der Waals surface area contributed by atoms with Gasteiger partial charge in [-0.1, -0.05) is 74.3 Å². The molecular weight excluding hydrogens is 679 g/mol. The quantitative estimate of drug-likeness (QED) is 0.147. The van der Waals surface area contributed by atoms with Crippen LogP contribution in [0.4, 0.5) is 4.79 Å². The molecule has 1 aliphatic heterocycles. The van der Waals surface area contributed by atoms with E-state index in [1.807, 2.05) is 80.3 Å². The van der Waals surface area contributed by atoms with Crippen molar-refractivity contribution in [3.8, 4) is 5.75 Å². The number of amidine groups is 1. The van der Waals surface area contributed by atoms with Crippen molar-refractivity contribution in [1.82, 2.24) is 14.7 Å². The highest BCUT2D eigenvalue weighted by molar-refractivity contribution is 7.90. The van der Waals surface area contributed by atoms with Crippen molar-refractivity contribution in [1.29, 1.82) is 0 Å². The number of nitrogens with zero attached hydrogens (tertiary/aromatic N) is 4. The second-order valence-electron chi connectivity index (χ2n) is 14.2.